The SMILES string of the molecule is CCOc1c2c(cc(O)c1OCC(C)(N)C#N)COB2. The fourth-order valence-electron chi connectivity index (χ4n) is 1.96. The van der Waals surface area contributed by atoms with Crippen molar-refractivity contribution in [3.63, 3.8) is 0 Å². The van der Waals surface area contributed by atoms with Gasteiger partial charge in [-0.25, -0.2) is 0 Å². The number of nitrogens with two attached hydrogens (primary N) is 1. The van der Waals surface area contributed by atoms with Gasteiger partial charge in [0.05, 0.1) is 19.3 Å². The molecule has 1 unspecified atom stereocenters. The summed E-state index contributed by atoms with van der Waals surface area (Å²) >= 11 is 0. The third-order valence-corrected chi connectivity index (χ3v) is 2.98. The molecule has 2 rings (SSSR count). The van der Waals surface area contributed by atoms with Gasteiger partial charge in [0.15, 0.2) is 11.5 Å². The predicted octanol–water partition coefficient (Wildman–Crippen LogP) is -0.0823. The van der Waals surface area contributed by atoms with Gasteiger partial charge in [0.25, 0.3) is 0 Å². The van der Waals surface area contributed by atoms with Crippen molar-refractivity contribution in [2.24, 2.45) is 5.73 Å². The number of benzene rings is 1. The third-order valence-electron chi connectivity index (χ3n) is 2.98. The second-order valence-corrected chi connectivity index (χ2v) is 4.94. The van der Waals surface area contributed by atoms with Crippen LogP contribution in [0.4, 0.5) is 0 Å². The Hall–Kier alpha value is -1.91. The fraction of sp³-hybridized carbons (Fsp3) is 0.462. The Kier molecular flexibility index (Phi) is 4.07. The van der Waals surface area contributed by atoms with Crippen LogP contribution in [0.3, 0.4) is 0 Å². The van der Waals surface area contributed by atoms with Gasteiger partial charge in [-0.2, -0.15) is 5.26 Å². The zero-order chi connectivity index (χ0) is 14.8. The predicted molar refractivity (Wildman–Crippen MR) is 74.5 cm³/mol. The van der Waals surface area contributed by atoms with Crippen molar-refractivity contribution in [2.75, 3.05) is 13.2 Å². The molecular weight excluding hydrogens is 259 g/mol. The number of rotatable bonds is 5. The first-order valence-corrected chi connectivity index (χ1v) is 6.39. The normalized spacial score (nSPS) is 15.7. The van der Waals surface area contributed by atoms with Crippen molar-refractivity contribution in [1.82, 2.24) is 0 Å². The summed E-state index contributed by atoms with van der Waals surface area (Å²) in [6, 6.07) is 3.54. The molecule has 6 nitrogen and oxygen atoms in total. The molecular formula is C13H17BN2O4. The number of phenolic OH excluding ortho intramolecular Hbond substituents is 1. The van der Waals surface area contributed by atoms with E-state index in [0.717, 1.165) is 11.0 Å². The second kappa shape index (κ2) is 5.61. The summed E-state index contributed by atoms with van der Waals surface area (Å²) in [5.74, 6) is 0.642. The van der Waals surface area contributed by atoms with E-state index in [0.29, 0.717) is 26.4 Å². The van der Waals surface area contributed by atoms with Crippen molar-refractivity contribution < 1.29 is 19.2 Å². The van der Waals surface area contributed by atoms with Gasteiger partial charge in [0.1, 0.15) is 12.1 Å². The topological polar surface area (TPSA) is 97.7 Å². The molecule has 1 heterocycles. The number of fused-ring (bicyclic) bond motifs is 1. The zero-order valence-corrected chi connectivity index (χ0v) is 11.6. The Morgan fingerprint density at radius 2 is 2.30 bits per heavy atom. The summed E-state index contributed by atoms with van der Waals surface area (Å²) in [5.41, 5.74) is 6.34. The van der Waals surface area contributed by atoms with Gasteiger partial charge in [0.2, 0.25) is 5.75 Å². The van der Waals surface area contributed by atoms with Crippen molar-refractivity contribution >= 4 is 12.9 Å². The molecule has 0 amide bonds. The van der Waals surface area contributed by atoms with Crippen LogP contribution in [-0.2, 0) is 11.3 Å². The van der Waals surface area contributed by atoms with Crippen molar-refractivity contribution in [2.45, 2.75) is 26.0 Å². The average Bonchev–Trinajstić information content (AvgIpc) is 2.86. The molecule has 0 bridgehead atoms. The Morgan fingerprint density at radius 1 is 1.55 bits per heavy atom. The number of nitrogens with zero attached hydrogens (tertiary/aromatic N) is 1. The van der Waals surface area contributed by atoms with E-state index in [4.69, 9.17) is 25.1 Å². The van der Waals surface area contributed by atoms with Crippen LogP contribution < -0.4 is 20.7 Å². The smallest absolute Gasteiger partial charge is 0.313 e. The second-order valence-electron chi connectivity index (χ2n) is 4.94. The highest BCUT2D eigenvalue weighted by molar-refractivity contribution is 6.50. The molecule has 0 aromatic heterocycles. The Bertz CT molecular complexity index is 554. The molecule has 1 atom stereocenters. The van der Waals surface area contributed by atoms with E-state index in [2.05, 4.69) is 0 Å². The summed E-state index contributed by atoms with van der Waals surface area (Å²) in [6.45, 7) is 4.23. The maximum atomic E-state index is 10.1. The summed E-state index contributed by atoms with van der Waals surface area (Å²) in [5, 5.41) is 19.0. The molecule has 1 aromatic rings. The van der Waals surface area contributed by atoms with Crippen LogP contribution in [0.5, 0.6) is 17.2 Å². The van der Waals surface area contributed by atoms with E-state index >= 15 is 0 Å². The number of hydrogen-bond donors (Lipinski definition) is 2. The van der Waals surface area contributed by atoms with Crippen molar-refractivity contribution in [3.8, 4) is 23.3 Å². The summed E-state index contributed by atoms with van der Waals surface area (Å²) in [4.78, 5) is 0. The number of nitriles is 1. The van der Waals surface area contributed by atoms with Crippen LogP contribution in [0.25, 0.3) is 0 Å². The molecule has 20 heavy (non-hydrogen) atoms. The van der Waals surface area contributed by atoms with Gasteiger partial charge in [-0.05, 0) is 30.9 Å². The van der Waals surface area contributed by atoms with Crippen LogP contribution in [0, 0.1) is 11.3 Å². The van der Waals surface area contributed by atoms with Gasteiger partial charge in [-0.3, -0.25) is 0 Å². The van der Waals surface area contributed by atoms with Crippen molar-refractivity contribution in [1.29, 1.82) is 5.26 Å². The van der Waals surface area contributed by atoms with Gasteiger partial charge in [-0.15, -0.1) is 0 Å². The van der Waals surface area contributed by atoms with Crippen molar-refractivity contribution in [3.05, 3.63) is 11.6 Å². The lowest BCUT2D eigenvalue weighted by Gasteiger charge is -2.20. The van der Waals surface area contributed by atoms with E-state index in [-0.39, 0.29) is 18.1 Å². The molecule has 7 heteroatoms. The minimum absolute atomic E-state index is 0.0357. The number of hydrogen-bond acceptors (Lipinski definition) is 6. The standard InChI is InChI=1S/C13H17BN2O4/c1-3-18-12-10-8(5-20-14-10)4-9(17)11(12)19-7-13(2,16)6-15/h4,14,17H,3,5,7,16H2,1-2H3. The maximum absolute atomic E-state index is 10.1. The average molecular weight is 276 g/mol. The highest BCUT2D eigenvalue weighted by Crippen LogP contribution is 2.38. The van der Waals surface area contributed by atoms with E-state index in [1.807, 2.05) is 13.0 Å². The molecule has 0 radical (unpaired) electrons. The number of ether oxygens (including phenoxy) is 2. The van der Waals surface area contributed by atoms with Crippen LogP contribution in [0.2, 0.25) is 0 Å². The molecule has 106 valence electrons. The zero-order valence-electron chi connectivity index (χ0n) is 11.6. The van der Waals surface area contributed by atoms with Gasteiger partial charge in [-0.1, -0.05) is 0 Å². The van der Waals surface area contributed by atoms with Gasteiger partial charge >= 0.3 is 7.48 Å². The molecule has 1 aromatic carbocycles. The molecule has 0 spiro atoms. The van der Waals surface area contributed by atoms with Crippen LogP contribution in [0.1, 0.15) is 19.4 Å². The molecule has 0 saturated heterocycles. The molecule has 1 aliphatic heterocycles. The van der Waals surface area contributed by atoms with E-state index in [1.54, 1.807) is 13.0 Å². The van der Waals surface area contributed by atoms with Crippen LogP contribution in [-0.4, -0.2) is 31.3 Å². The minimum atomic E-state index is -1.13. The van der Waals surface area contributed by atoms with E-state index < -0.39 is 5.54 Å². The summed E-state index contributed by atoms with van der Waals surface area (Å²) in [6.07, 6.45) is 0. The Labute approximate surface area is 118 Å². The lowest BCUT2D eigenvalue weighted by molar-refractivity contribution is 0.235. The van der Waals surface area contributed by atoms with Crippen LogP contribution >= 0.6 is 0 Å². The van der Waals surface area contributed by atoms with Crippen LogP contribution in [0.15, 0.2) is 6.07 Å². The monoisotopic (exact) mass is 276 g/mol. The molecule has 0 saturated carbocycles. The summed E-state index contributed by atoms with van der Waals surface area (Å²) < 4.78 is 16.4. The van der Waals surface area contributed by atoms with Gasteiger partial charge < -0.3 is 25.0 Å². The van der Waals surface area contributed by atoms with E-state index in [9.17, 15) is 5.11 Å². The lowest BCUT2D eigenvalue weighted by atomic mass is 9.85. The number of aromatic hydroxyl groups is 1. The Balaban J connectivity index is 2.34. The highest BCUT2D eigenvalue weighted by atomic mass is 16.5. The molecule has 0 fully saturated rings. The lowest BCUT2D eigenvalue weighted by Crippen LogP contribution is -2.40. The quantitative estimate of drug-likeness (QED) is 0.730. The molecule has 0 aliphatic carbocycles. The molecule has 3 N–H and O–H groups in total. The molecule has 1 aliphatic rings. The Morgan fingerprint density at radius 3 is 2.95 bits per heavy atom. The summed E-state index contributed by atoms with van der Waals surface area (Å²) in [7, 11) is 0.416. The first kappa shape index (κ1) is 14.5. The minimum Gasteiger partial charge on any atom is -0.504 e. The maximum Gasteiger partial charge on any atom is 0.313 e. The largest absolute Gasteiger partial charge is 0.504 e. The fourth-order valence-corrected chi connectivity index (χ4v) is 1.96. The van der Waals surface area contributed by atoms with Gasteiger partial charge in [0, 0.05) is 0 Å². The first-order chi connectivity index (χ1) is 9.48. The first-order valence-electron chi connectivity index (χ1n) is 6.39. The van der Waals surface area contributed by atoms with E-state index in [1.165, 1.54) is 0 Å². The highest BCUT2D eigenvalue weighted by Gasteiger charge is 2.27. The third kappa shape index (κ3) is 2.81. The number of phenols is 1.